The van der Waals surface area contributed by atoms with Crippen molar-refractivity contribution in [2.24, 2.45) is 16.6 Å². The van der Waals surface area contributed by atoms with E-state index in [4.69, 9.17) is 5.73 Å². The number of rotatable bonds is 3. The number of nitrogens with zero attached hydrogens (tertiary/aromatic N) is 1. The molecule has 3 nitrogen and oxygen atoms in total. The molecular weight excluding hydrogens is 186 g/mol. The predicted molar refractivity (Wildman–Crippen MR) is 66.0 cm³/mol. The van der Waals surface area contributed by atoms with Crippen LogP contribution in [0.15, 0.2) is 4.99 Å². The summed E-state index contributed by atoms with van der Waals surface area (Å²) in [6, 6.07) is 0.551. The van der Waals surface area contributed by atoms with E-state index in [1.165, 1.54) is 32.1 Å². The van der Waals surface area contributed by atoms with Gasteiger partial charge in [0, 0.05) is 12.6 Å². The largest absolute Gasteiger partial charge is 0.370 e. The zero-order chi connectivity index (χ0) is 11.1. The summed E-state index contributed by atoms with van der Waals surface area (Å²) in [4.78, 5) is 4.27. The van der Waals surface area contributed by atoms with Crippen molar-refractivity contribution < 1.29 is 0 Å². The van der Waals surface area contributed by atoms with Crippen LogP contribution < -0.4 is 11.1 Å². The summed E-state index contributed by atoms with van der Waals surface area (Å²) in [6.07, 6.45) is 7.54. The van der Waals surface area contributed by atoms with Crippen molar-refractivity contribution >= 4 is 5.96 Å². The van der Waals surface area contributed by atoms with E-state index in [9.17, 15) is 0 Å². The Hall–Kier alpha value is -0.730. The fraction of sp³-hybridized carbons (Fsp3) is 0.917. The minimum Gasteiger partial charge on any atom is -0.370 e. The Bertz CT molecular complexity index is 201. The van der Waals surface area contributed by atoms with Crippen molar-refractivity contribution in [3.63, 3.8) is 0 Å². The maximum absolute atomic E-state index is 5.82. The van der Waals surface area contributed by atoms with Crippen LogP contribution in [0.3, 0.4) is 0 Å². The Morgan fingerprint density at radius 2 is 2.13 bits per heavy atom. The van der Waals surface area contributed by atoms with Crippen molar-refractivity contribution in [2.45, 2.75) is 58.4 Å². The van der Waals surface area contributed by atoms with E-state index < -0.39 is 0 Å². The number of hydrogen-bond donors (Lipinski definition) is 2. The van der Waals surface area contributed by atoms with Crippen LogP contribution in [0.1, 0.15) is 52.4 Å². The first-order valence-electron chi connectivity index (χ1n) is 6.28. The lowest BCUT2D eigenvalue weighted by atomic mass is 10.0. The van der Waals surface area contributed by atoms with Gasteiger partial charge in [-0.1, -0.05) is 26.7 Å². The van der Waals surface area contributed by atoms with Gasteiger partial charge in [0.25, 0.3) is 0 Å². The molecule has 1 rings (SSSR count). The Morgan fingerprint density at radius 3 is 2.87 bits per heavy atom. The zero-order valence-electron chi connectivity index (χ0n) is 10.1. The van der Waals surface area contributed by atoms with E-state index in [2.05, 4.69) is 24.2 Å². The Kier molecular flexibility index (Phi) is 5.51. The lowest BCUT2D eigenvalue weighted by molar-refractivity contribution is 0.489. The molecule has 0 bridgehead atoms. The lowest BCUT2D eigenvalue weighted by Gasteiger charge is -2.16. The molecule has 3 heteroatoms. The van der Waals surface area contributed by atoms with Crippen molar-refractivity contribution in [2.75, 3.05) is 6.54 Å². The second-order valence-electron chi connectivity index (χ2n) is 4.72. The molecule has 0 spiro atoms. The molecule has 0 radical (unpaired) electrons. The molecule has 1 fully saturated rings. The van der Waals surface area contributed by atoms with Gasteiger partial charge in [0.1, 0.15) is 0 Å². The molecule has 1 aliphatic carbocycles. The van der Waals surface area contributed by atoms with Gasteiger partial charge in [0.2, 0.25) is 0 Å². The first kappa shape index (κ1) is 12.3. The van der Waals surface area contributed by atoms with Crippen LogP contribution in [0.2, 0.25) is 0 Å². The highest BCUT2D eigenvalue weighted by Gasteiger charge is 2.15. The highest BCUT2D eigenvalue weighted by atomic mass is 15.1. The molecule has 88 valence electrons. The smallest absolute Gasteiger partial charge is 0.188 e. The van der Waals surface area contributed by atoms with Crippen molar-refractivity contribution in [1.82, 2.24) is 5.32 Å². The molecule has 15 heavy (non-hydrogen) atoms. The van der Waals surface area contributed by atoms with Crippen LogP contribution >= 0.6 is 0 Å². The molecule has 0 aliphatic heterocycles. The second kappa shape index (κ2) is 6.70. The fourth-order valence-corrected chi connectivity index (χ4v) is 2.12. The molecular formula is C12H25N3. The highest BCUT2D eigenvalue weighted by molar-refractivity contribution is 5.78. The van der Waals surface area contributed by atoms with E-state index in [0.717, 1.165) is 18.9 Å². The minimum atomic E-state index is 0.551. The van der Waals surface area contributed by atoms with Gasteiger partial charge in [-0.05, 0) is 31.6 Å². The molecule has 0 saturated heterocycles. The van der Waals surface area contributed by atoms with E-state index in [1.54, 1.807) is 0 Å². The average Bonchev–Trinajstić information content (AvgIpc) is 2.41. The standard InChI is InChI=1S/C12H25N3/c1-3-9-14-12(13)15-11-6-4-5-10(2)7-8-11/h10-11H,3-9H2,1-2H3,(H3,13,14,15). The van der Waals surface area contributed by atoms with Gasteiger partial charge < -0.3 is 11.1 Å². The Labute approximate surface area is 93.5 Å². The molecule has 2 atom stereocenters. The number of nitrogens with two attached hydrogens (primary N) is 1. The molecule has 3 N–H and O–H groups in total. The van der Waals surface area contributed by atoms with Gasteiger partial charge in [0.05, 0.1) is 0 Å². The highest BCUT2D eigenvalue weighted by Crippen LogP contribution is 2.22. The van der Waals surface area contributed by atoms with Gasteiger partial charge in [0.15, 0.2) is 5.96 Å². The van der Waals surface area contributed by atoms with Gasteiger partial charge in [-0.15, -0.1) is 0 Å². The third kappa shape index (κ3) is 5.05. The monoisotopic (exact) mass is 211 g/mol. The molecule has 0 aromatic rings. The molecule has 0 aromatic carbocycles. The predicted octanol–water partition coefficient (Wildman–Crippen LogP) is 2.27. The molecule has 0 amide bonds. The number of nitrogens with one attached hydrogen (secondary N) is 1. The SMILES string of the molecule is CCCN=C(N)NC1CCCC(C)CC1. The lowest BCUT2D eigenvalue weighted by Crippen LogP contribution is -2.39. The normalized spacial score (nSPS) is 28.5. The van der Waals surface area contributed by atoms with E-state index in [-0.39, 0.29) is 0 Å². The molecule has 0 heterocycles. The third-order valence-corrected chi connectivity index (χ3v) is 3.12. The number of guanidine groups is 1. The fourth-order valence-electron chi connectivity index (χ4n) is 2.12. The quantitative estimate of drug-likeness (QED) is 0.427. The summed E-state index contributed by atoms with van der Waals surface area (Å²) in [5.41, 5.74) is 5.82. The Balaban J connectivity index is 2.30. The molecule has 1 saturated carbocycles. The van der Waals surface area contributed by atoms with Gasteiger partial charge in [-0.2, -0.15) is 0 Å². The van der Waals surface area contributed by atoms with E-state index in [1.807, 2.05) is 0 Å². The molecule has 0 aromatic heterocycles. The van der Waals surface area contributed by atoms with E-state index in [0.29, 0.717) is 12.0 Å². The van der Waals surface area contributed by atoms with Crippen molar-refractivity contribution in [1.29, 1.82) is 0 Å². The summed E-state index contributed by atoms with van der Waals surface area (Å²) >= 11 is 0. The van der Waals surface area contributed by atoms with Crippen molar-refractivity contribution in [3.05, 3.63) is 0 Å². The number of hydrogen-bond acceptors (Lipinski definition) is 1. The van der Waals surface area contributed by atoms with E-state index >= 15 is 0 Å². The van der Waals surface area contributed by atoms with Crippen LogP contribution in [0.5, 0.6) is 0 Å². The maximum atomic E-state index is 5.82. The third-order valence-electron chi connectivity index (χ3n) is 3.12. The molecule has 1 aliphatic rings. The topological polar surface area (TPSA) is 50.4 Å². The zero-order valence-corrected chi connectivity index (χ0v) is 10.1. The molecule has 2 unspecified atom stereocenters. The number of aliphatic imine (C=N–C) groups is 1. The van der Waals surface area contributed by atoms with Crippen LogP contribution in [-0.4, -0.2) is 18.5 Å². The first-order valence-corrected chi connectivity index (χ1v) is 6.28. The van der Waals surface area contributed by atoms with Crippen LogP contribution in [-0.2, 0) is 0 Å². The summed E-state index contributed by atoms with van der Waals surface area (Å²) in [7, 11) is 0. The van der Waals surface area contributed by atoms with Gasteiger partial charge in [-0.25, -0.2) is 0 Å². The second-order valence-corrected chi connectivity index (χ2v) is 4.72. The summed E-state index contributed by atoms with van der Waals surface area (Å²) in [5.74, 6) is 1.52. The van der Waals surface area contributed by atoms with Gasteiger partial charge >= 0.3 is 0 Å². The summed E-state index contributed by atoms with van der Waals surface area (Å²) in [6.45, 7) is 5.29. The van der Waals surface area contributed by atoms with Crippen LogP contribution in [0, 0.1) is 5.92 Å². The van der Waals surface area contributed by atoms with Gasteiger partial charge in [-0.3, -0.25) is 4.99 Å². The van der Waals surface area contributed by atoms with Crippen molar-refractivity contribution in [3.8, 4) is 0 Å². The Morgan fingerprint density at radius 1 is 1.33 bits per heavy atom. The maximum Gasteiger partial charge on any atom is 0.188 e. The average molecular weight is 211 g/mol. The summed E-state index contributed by atoms with van der Waals surface area (Å²) in [5, 5.41) is 3.34. The first-order chi connectivity index (χ1) is 7.22. The van der Waals surface area contributed by atoms with Crippen LogP contribution in [0.4, 0.5) is 0 Å². The summed E-state index contributed by atoms with van der Waals surface area (Å²) < 4.78 is 0. The van der Waals surface area contributed by atoms with Crippen LogP contribution in [0.25, 0.3) is 0 Å². The minimum absolute atomic E-state index is 0.551.